The highest BCUT2D eigenvalue weighted by Gasteiger charge is 2.45. The Labute approximate surface area is 145 Å². The smallest absolute Gasteiger partial charge is 0.310 e. The summed E-state index contributed by atoms with van der Waals surface area (Å²) in [6, 6.07) is 0.0187. The molecule has 2 fully saturated rings. The largest absolute Gasteiger partial charge is 0.469 e. The van der Waals surface area contributed by atoms with Crippen molar-refractivity contribution in [1.82, 2.24) is 9.62 Å². The van der Waals surface area contributed by atoms with Gasteiger partial charge in [-0.05, 0) is 32.2 Å². The monoisotopic (exact) mass is 368 g/mol. The maximum atomic E-state index is 13.2. The van der Waals surface area contributed by atoms with E-state index in [0.717, 1.165) is 32.2 Å². The van der Waals surface area contributed by atoms with Crippen molar-refractivity contribution in [3.63, 3.8) is 0 Å². The van der Waals surface area contributed by atoms with E-state index in [1.165, 1.54) is 7.11 Å². The predicted molar refractivity (Wildman–Crippen MR) is 92.2 cm³/mol. The molecule has 1 saturated carbocycles. The quantitative estimate of drug-likeness (QED) is 0.720. The number of halogens is 1. The molecule has 0 amide bonds. The SMILES string of the molecule is CCCN(C1CCNC1)S(=O)(=O)C1CCCCC1C(=O)OC.Cl. The number of carbonyl (C=O) groups excluding carboxylic acids is 1. The summed E-state index contributed by atoms with van der Waals surface area (Å²) in [5.74, 6) is -0.897. The van der Waals surface area contributed by atoms with Crippen LogP contribution in [0.2, 0.25) is 0 Å². The van der Waals surface area contributed by atoms with Crippen molar-refractivity contribution < 1.29 is 17.9 Å². The van der Waals surface area contributed by atoms with E-state index in [1.54, 1.807) is 4.31 Å². The van der Waals surface area contributed by atoms with Crippen molar-refractivity contribution in [3.8, 4) is 0 Å². The number of carbonyl (C=O) groups is 1. The van der Waals surface area contributed by atoms with E-state index in [2.05, 4.69) is 5.32 Å². The summed E-state index contributed by atoms with van der Waals surface area (Å²) in [6.45, 7) is 4.07. The molecule has 136 valence electrons. The third kappa shape index (κ3) is 4.59. The van der Waals surface area contributed by atoms with Gasteiger partial charge >= 0.3 is 5.97 Å². The standard InChI is InChI=1S/C15H28N2O4S.ClH/c1-3-10-17(12-8-9-16-11-12)22(19,20)14-7-5-4-6-13(14)15(18)21-2;/h12-14,16H,3-11H2,1-2H3;1H. The first-order valence-electron chi connectivity index (χ1n) is 8.31. The summed E-state index contributed by atoms with van der Waals surface area (Å²) in [5.41, 5.74) is 0. The van der Waals surface area contributed by atoms with Crippen LogP contribution in [0.15, 0.2) is 0 Å². The third-order valence-corrected chi connectivity index (χ3v) is 7.27. The number of esters is 1. The number of rotatable bonds is 6. The number of ether oxygens (including phenoxy) is 1. The van der Waals surface area contributed by atoms with Gasteiger partial charge in [-0.25, -0.2) is 8.42 Å². The maximum Gasteiger partial charge on any atom is 0.310 e. The topological polar surface area (TPSA) is 75.7 Å². The van der Waals surface area contributed by atoms with Crippen molar-refractivity contribution >= 4 is 28.4 Å². The molecular weight excluding hydrogens is 340 g/mol. The first-order valence-corrected chi connectivity index (χ1v) is 9.81. The molecule has 3 atom stereocenters. The number of hydrogen-bond donors (Lipinski definition) is 1. The molecule has 0 aromatic rings. The van der Waals surface area contributed by atoms with Crippen LogP contribution in [-0.4, -0.2) is 56.7 Å². The molecule has 6 nitrogen and oxygen atoms in total. The Kier molecular flexibility index (Phi) is 8.27. The second-order valence-electron chi connectivity index (χ2n) is 6.25. The normalized spacial score (nSPS) is 28.4. The average molecular weight is 369 g/mol. The Morgan fingerprint density at radius 2 is 1.96 bits per heavy atom. The molecule has 2 rings (SSSR count). The fraction of sp³-hybridized carbons (Fsp3) is 0.933. The Bertz CT molecular complexity index is 480. The van der Waals surface area contributed by atoms with Crippen LogP contribution >= 0.6 is 12.4 Å². The van der Waals surface area contributed by atoms with Crippen LogP contribution in [0.25, 0.3) is 0 Å². The van der Waals surface area contributed by atoms with E-state index < -0.39 is 21.2 Å². The van der Waals surface area contributed by atoms with E-state index in [-0.39, 0.29) is 24.4 Å². The predicted octanol–water partition coefficient (Wildman–Crippen LogP) is 1.54. The summed E-state index contributed by atoms with van der Waals surface area (Å²) in [4.78, 5) is 12.0. The van der Waals surface area contributed by atoms with Gasteiger partial charge in [0.15, 0.2) is 0 Å². The molecule has 0 spiro atoms. The first-order chi connectivity index (χ1) is 10.5. The lowest BCUT2D eigenvalue weighted by Crippen LogP contribution is -2.50. The van der Waals surface area contributed by atoms with Gasteiger partial charge in [-0.3, -0.25) is 4.79 Å². The zero-order valence-electron chi connectivity index (χ0n) is 14.0. The molecule has 1 aliphatic heterocycles. The van der Waals surface area contributed by atoms with Crippen molar-refractivity contribution in [2.24, 2.45) is 5.92 Å². The van der Waals surface area contributed by atoms with Crippen LogP contribution in [0.3, 0.4) is 0 Å². The van der Waals surface area contributed by atoms with E-state index in [0.29, 0.717) is 25.9 Å². The van der Waals surface area contributed by atoms with Crippen molar-refractivity contribution in [2.45, 2.75) is 56.7 Å². The molecule has 1 aliphatic carbocycles. The lowest BCUT2D eigenvalue weighted by molar-refractivity contribution is -0.146. The minimum atomic E-state index is -3.48. The van der Waals surface area contributed by atoms with Gasteiger partial charge in [-0.1, -0.05) is 19.8 Å². The highest BCUT2D eigenvalue weighted by atomic mass is 35.5. The second-order valence-corrected chi connectivity index (χ2v) is 8.36. The Morgan fingerprint density at radius 1 is 1.26 bits per heavy atom. The molecule has 1 heterocycles. The molecule has 0 aromatic heterocycles. The van der Waals surface area contributed by atoms with Crippen LogP contribution in [-0.2, 0) is 19.6 Å². The number of hydrogen-bond acceptors (Lipinski definition) is 5. The van der Waals surface area contributed by atoms with E-state index >= 15 is 0 Å². The Hall–Kier alpha value is -0.370. The Morgan fingerprint density at radius 3 is 2.52 bits per heavy atom. The van der Waals surface area contributed by atoms with Gasteiger partial charge in [0.05, 0.1) is 18.3 Å². The third-order valence-electron chi connectivity index (χ3n) is 4.80. The maximum absolute atomic E-state index is 13.2. The van der Waals surface area contributed by atoms with Gasteiger partial charge < -0.3 is 10.1 Å². The Balaban J connectivity index is 0.00000264. The summed E-state index contributed by atoms with van der Waals surface area (Å²) in [7, 11) is -2.14. The van der Waals surface area contributed by atoms with Gasteiger partial charge in [-0.2, -0.15) is 4.31 Å². The highest BCUT2D eigenvalue weighted by molar-refractivity contribution is 7.89. The molecule has 0 bridgehead atoms. The summed E-state index contributed by atoms with van der Waals surface area (Å²) in [6.07, 6.45) is 4.55. The highest BCUT2D eigenvalue weighted by Crippen LogP contribution is 2.33. The summed E-state index contributed by atoms with van der Waals surface area (Å²) in [5, 5.41) is 2.61. The lowest BCUT2D eigenvalue weighted by Gasteiger charge is -2.36. The molecule has 8 heteroatoms. The summed E-state index contributed by atoms with van der Waals surface area (Å²) < 4.78 is 32.9. The number of nitrogens with zero attached hydrogens (tertiary/aromatic N) is 1. The van der Waals surface area contributed by atoms with Gasteiger partial charge in [0, 0.05) is 19.1 Å². The minimum absolute atomic E-state index is 0. The zero-order chi connectivity index (χ0) is 16.2. The molecule has 23 heavy (non-hydrogen) atoms. The fourth-order valence-corrected chi connectivity index (χ4v) is 6.18. The van der Waals surface area contributed by atoms with Crippen molar-refractivity contribution in [3.05, 3.63) is 0 Å². The van der Waals surface area contributed by atoms with Crippen molar-refractivity contribution in [2.75, 3.05) is 26.7 Å². The van der Waals surface area contributed by atoms with E-state index in [1.807, 2.05) is 6.92 Å². The van der Waals surface area contributed by atoms with Gasteiger partial charge in [0.1, 0.15) is 0 Å². The molecule has 3 unspecified atom stereocenters. The van der Waals surface area contributed by atoms with Crippen LogP contribution in [0.5, 0.6) is 0 Å². The van der Waals surface area contributed by atoms with Crippen molar-refractivity contribution in [1.29, 1.82) is 0 Å². The zero-order valence-corrected chi connectivity index (χ0v) is 15.6. The first kappa shape index (κ1) is 20.7. The number of methoxy groups -OCH3 is 1. The summed E-state index contributed by atoms with van der Waals surface area (Å²) >= 11 is 0. The molecule has 0 radical (unpaired) electrons. The van der Waals surface area contributed by atoms with Crippen LogP contribution in [0.4, 0.5) is 0 Å². The minimum Gasteiger partial charge on any atom is -0.469 e. The molecule has 1 N–H and O–H groups in total. The van der Waals surface area contributed by atoms with Crippen LogP contribution in [0.1, 0.15) is 45.4 Å². The average Bonchev–Trinajstić information content (AvgIpc) is 3.05. The molecule has 0 aromatic carbocycles. The fourth-order valence-electron chi connectivity index (χ4n) is 3.67. The van der Waals surface area contributed by atoms with Crippen LogP contribution in [0, 0.1) is 5.92 Å². The number of nitrogens with one attached hydrogen (secondary N) is 1. The molecular formula is C15H29ClN2O4S. The van der Waals surface area contributed by atoms with E-state index in [9.17, 15) is 13.2 Å². The van der Waals surface area contributed by atoms with Crippen LogP contribution < -0.4 is 5.32 Å². The molecule has 1 saturated heterocycles. The van der Waals surface area contributed by atoms with Gasteiger partial charge in [-0.15, -0.1) is 12.4 Å². The van der Waals surface area contributed by atoms with E-state index in [4.69, 9.17) is 4.74 Å². The lowest BCUT2D eigenvalue weighted by atomic mass is 9.89. The second kappa shape index (κ2) is 9.20. The molecule has 2 aliphatic rings. The van der Waals surface area contributed by atoms with Gasteiger partial charge in [0.25, 0.3) is 0 Å². The van der Waals surface area contributed by atoms with Gasteiger partial charge in [0.2, 0.25) is 10.0 Å². The number of sulfonamides is 1.